The standard InChI is InChI=1S/C18H20F3N3O/c1-12(2)11-23-15(25)17(3,24-8-7-22-16(23)24)10-13-5-4-6-14(9-13)18(19,20)21/h4-9,12H,10-11H2,1-3H3. The fourth-order valence-electron chi connectivity index (χ4n) is 3.31. The number of halogens is 3. The van der Waals surface area contributed by atoms with Gasteiger partial charge in [0.25, 0.3) is 5.91 Å². The molecule has 25 heavy (non-hydrogen) atoms. The van der Waals surface area contributed by atoms with Crippen molar-refractivity contribution < 1.29 is 18.0 Å². The van der Waals surface area contributed by atoms with E-state index in [2.05, 4.69) is 4.98 Å². The van der Waals surface area contributed by atoms with Crippen molar-refractivity contribution in [3.8, 4) is 0 Å². The third kappa shape index (κ3) is 3.03. The number of benzene rings is 1. The largest absolute Gasteiger partial charge is 0.416 e. The molecule has 0 N–H and O–H groups in total. The first-order valence-electron chi connectivity index (χ1n) is 8.15. The Morgan fingerprint density at radius 3 is 2.64 bits per heavy atom. The number of carbonyl (C=O) groups excluding carboxylic acids is 1. The van der Waals surface area contributed by atoms with Crippen molar-refractivity contribution >= 4 is 11.9 Å². The first-order chi connectivity index (χ1) is 11.6. The summed E-state index contributed by atoms with van der Waals surface area (Å²) >= 11 is 0. The van der Waals surface area contributed by atoms with Crippen molar-refractivity contribution in [2.75, 3.05) is 11.4 Å². The number of hydrogen-bond donors (Lipinski definition) is 0. The second-order valence-electron chi connectivity index (χ2n) is 7.06. The van der Waals surface area contributed by atoms with E-state index in [1.165, 1.54) is 6.07 Å². The van der Waals surface area contributed by atoms with Gasteiger partial charge in [-0.05, 0) is 24.5 Å². The molecular formula is C18H20F3N3O. The lowest BCUT2D eigenvalue weighted by molar-refractivity contribution is -0.137. The average molecular weight is 351 g/mol. The summed E-state index contributed by atoms with van der Waals surface area (Å²) in [6.07, 6.45) is -0.908. The summed E-state index contributed by atoms with van der Waals surface area (Å²) in [6, 6.07) is 5.15. The number of nitrogens with zero attached hydrogens (tertiary/aromatic N) is 3. The summed E-state index contributed by atoms with van der Waals surface area (Å²) in [5, 5.41) is 0. The van der Waals surface area contributed by atoms with E-state index in [9.17, 15) is 18.0 Å². The van der Waals surface area contributed by atoms with Gasteiger partial charge < -0.3 is 4.57 Å². The van der Waals surface area contributed by atoms with E-state index >= 15 is 0 Å². The summed E-state index contributed by atoms with van der Waals surface area (Å²) in [5.74, 6) is 0.667. The Morgan fingerprint density at radius 1 is 1.28 bits per heavy atom. The highest BCUT2D eigenvalue weighted by molar-refractivity contribution is 6.01. The third-order valence-electron chi connectivity index (χ3n) is 4.45. The van der Waals surface area contributed by atoms with Crippen LogP contribution in [0.25, 0.3) is 0 Å². The maximum Gasteiger partial charge on any atom is 0.416 e. The number of anilines is 1. The van der Waals surface area contributed by atoms with Crippen LogP contribution in [0.3, 0.4) is 0 Å². The number of rotatable bonds is 4. The van der Waals surface area contributed by atoms with Crippen LogP contribution in [0, 0.1) is 5.92 Å². The Balaban J connectivity index is 1.96. The fraction of sp³-hybridized carbons (Fsp3) is 0.444. The second kappa shape index (κ2) is 5.89. The molecule has 1 unspecified atom stereocenters. The Hall–Kier alpha value is -2.31. The first-order valence-corrected chi connectivity index (χ1v) is 8.15. The maximum atomic E-state index is 13.0. The lowest BCUT2D eigenvalue weighted by atomic mass is 9.91. The van der Waals surface area contributed by atoms with E-state index in [0.29, 0.717) is 18.1 Å². The van der Waals surface area contributed by atoms with Crippen LogP contribution in [-0.4, -0.2) is 22.0 Å². The van der Waals surface area contributed by atoms with Gasteiger partial charge in [0.1, 0.15) is 5.54 Å². The first kappa shape index (κ1) is 17.5. The van der Waals surface area contributed by atoms with Gasteiger partial charge in [-0.15, -0.1) is 0 Å². The van der Waals surface area contributed by atoms with E-state index in [-0.39, 0.29) is 18.2 Å². The van der Waals surface area contributed by atoms with Gasteiger partial charge in [-0.25, -0.2) is 4.98 Å². The van der Waals surface area contributed by atoms with Crippen LogP contribution in [0.4, 0.5) is 19.1 Å². The fourth-order valence-corrected chi connectivity index (χ4v) is 3.31. The highest BCUT2D eigenvalue weighted by atomic mass is 19.4. The predicted molar refractivity (Wildman–Crippen MR) is 88.2 cm³/mol. The van der Waals surface area contributed by atoms with Gasteiger partial charge in [-0.1, -0.05) is 32.0 Å². The molecule has 0 radical (unpaired) electrons. The van der Waals surface area contributed by atoms with Crippen LogP contribution in [-0.2, 0) is 22.9 Å². The molecule has 4 nitrogen and oxygen atoms in total. The van der Waals surface area contributed by atoms with Gasteiger partial charge in [0.05, 0.1) is 5.56 Å². The molecule has 2 heterocycles. The normalized spacial score (nSPS) is 20.4. The van der Waals surface area contributed by atoms with E-state index in [1.807, 2.05) is 13.8 Å². The van der Waals surface area contributed by atoms with E-state index in [0.717, 1.165) is 12.1 Å². The Kier molecular flexibility index (Phi) is 4.13. The predicted octanol–water partition coefficient (Wildman–Crippen LogP) is 3.86. The van der Waals surface area contributed by atoms with Gasteiger partial charge in [0.2, 0.25) is 5.95 Å². The molecule has 1 atom stereocenters. The number of carbonyl (C=O) groups is 1. The van der Waals surface area contributed by atoms with Gasteiger partial charge in [-0.2, -0.15) is 13.2 Å². The topological polar surface area (TPSA) is 38.1 Å². The molecule has 0 fully saturated rings. The van der Waals surface area contributed by atoms with Crippen LogP contribution in [0.15, 0.2) is 36.7 Å². The Labute approximate surface area is 144 Å². The number of imidazole rings is 1. The molecule has 1 aliphatic heterocycles. The van der Waals surface area contributed by atoms with Crippen LogP contribution in [0.1, 0.15) is 31.9 Å². The van der Waals surface area contributed by atoms with Crippen LogP contribution >= 0.6 is 0 Å². The van der Waals surface area contributed by atoms with Gasteiger partial charge in [0, 0.05) is 25.4 Å². The summed E-state index contributed by atoms with van der Waals surface area (Å²) in [7, 11) is 0. The zero-order valence-electron chi connectivity index (χ0n) is 14.3. The average Bonchev–Trinajstić information content (AvgIpc) is 3.06. The highest BCUT2D eigenvalue weighted by Crippen LogP contribution is 2.38. The zero-order valence-corrected chi connectivity index (χ0v) is 14.3. The number of hydrogen-bond acceptors (Lipinski definition) is 2. The minimum atomic E-state index is -4.40. The number of fused-ring (bicyclic) bond motifs is 1. The smallest absolute Gasteiger partial charge is 0.302 e. The number of aromatic nitrogens is 2. The molecule has 7 heteroatoms. The minimum absolute atomic E-state index is 0.137. The highest BCUT2D eigenvalue weighted by Gasteiger charge is 2.48. The van der Waals surface area contributed by atoms with E-state index in [4.69, 9.17) is 0 Å². The van der Waals surface area contributed by atoms with Gasteiger partial charge in [0.15, 0.2) is 0 Å². The maximum absolute atomic E-state index is 13.0. The van der Waals surface area contributed by atoms with Crippen molar-refractivity contribution in [3.63, 3.8) is 0 Å². The third-order valence-corrected chi connectivity index (χ3v) is 4.45. The number of amides is 1. The molecule has 1 aromatic carbocycles. The quantitative estimate of drug-likeness (QED) is 0.839. The molecule has 0 saturated carbocycles. The molecule has 0 saturated heterocycles. The molecule has 1 amide bonds. The molecule has 1 aromatic heterocycles. The van der Waals surface area contributed by atoms with E-state index in [1.54, 1.807) is 34.9 Å². The summed E-state index contributed by atoms with van der Waals surface area (Å²) in [4.78, 5) is 18.9. The lowest BCUT2D eigenvalue weighted by Gasteiger charge is -2.25. The van der Waals surface area contributed by atoms with E-state index < -0.39 is 17.3 Å². The van der Waals surface area contributed by atoms with Crippen molar-refractivity contribution in [2.24, 2.45) is 5.92 Å². The molecule has 1 aliphatic rings. The molecule has 0 bridgehead atoms. The second-order valence-corrected chi connectivity index (χ2v) is 7.06. The zero-order chi connectivity index (χ0) is 18.4. The van der Waals surface area contributed by atoms with Crippen LogP contribution in [0.5, 0.6) is 0 Å². The molecule has 0 spiro atoms. The lowest BCUT2D eigenvalue weighted by Crippen LogP contribution is -2.43. The Bertz CT molecular complexity index is 797. The summed E-state index contributed by atoms with van der Waals surface area (Å²) in [5.41, 5.74) is -1.22. The van der Waals surface area contributed by atoms with Crippen LogP contribution in [0.2, 0.25) is 0 Å². The van der Waals surface area contributed by atoms with Crippen LogP contribution < -0.4 is 4.90 Å². The molecule has 134 valence electrons. The van der Waals surface area contributed by atoms with Crippen molar-refractivity contribution in [1.82, 2.24) is 9.55 Å². The van der Waals surface area contributed by atoms with Crippen molar-refractivity contribution in [3.05, 3.63) is 47.8 Å². The summed E-state index contributed by atoms with van der Waals surface area (Å²) < 4.78 is 40.6. The molecule has 0 aliphatic carbocycles. The molecule has 3 rings (SSSR count). The monoisotopic (exact) mass is 351 g/mol. The minimum Gasteiger partial charge on any atom is -0.302 e. The molecule has 2 aromatic rings. The summed E-state index contributed by atoms with van der Waals surface area (Å²) in [6.45, 7) is 6.28. The number of alkyl halides is 3. The van der Waals surface area contributed by atoms with Crippen molar-refractivity contribution in [1.29, 1.82) is 0 Å². The molecular weight excluding hydrogens is 331 g/mol. The Morgan fingerprint density at radius 2 is 2.00 bits per heavy atom. The van der Waals surface area contributed by atoms with Crippen molar-refractivity contribution in [2.45, 2.75) is 38.9 Å². The van der Waals surface area contributed by atoms with Gasteiger partial charge >= 0.3 is 6.18 Å². The van der Waals surface area contributed by atoms with Gasteiger partial charge in [-0.3, -0.25) is 9.69 Å². The SMILES string of the molecule is CC(C)CN1C(=O)C(C)(Cc2cccc(C(F)(F)F)c2)n2ccnc21.